The molecule has 1 heterocycles. The Labute approximate surface area is 257 Å². The molecule has 8 rings (SSSR count). The summed E-state index contributed by atoms with van der Waals surface area (Å²) in [5.74, 6) is -2.32. The number of carbonyl (C=O) groups excluding carboxylic acids is 3. The third-order valence-electron chi connectivity index (χ3n) is 8.73. The highest BCUT2D eigenvalue weighted by Crippen LogP contribution is 2.63. The van der Waals surface area contributed by atoms with Crippen molar-refractivity contribution < 1.29 is 14.4 Å². The van der Waals surface area contributed by atoms with Gasteiger partial charge in [-0.2, -0.15) is 5.10 Å². The monoisotopic (exact) mass is 666 g/mol. The van der Waals surface area contributed by atoms with Crippen molar-refractivity contribution in [3.8, 4) is 0 Å². The van der Waals surface area contributed by atoms with Gasteiger partial charge in [0.25, 0.3) is 5.91 Å². The van der Waals surface area contributed by atoms with E-state index in [0.717, 1.165) is 37.1 Å². The summed E-state index contributed by atoms with van der Waals surface area (Å²) in [7, 11) is 0. The van der Waals surface area contributed by atoms with E-state index in [4.69, 9.17) is 0 Å². The van der Waals surface area contributed by atoms with Crippen LogP contribution in [0.25, 0.3) is 0 Å². The molecule has 208 valence electrons. The maximum Gasteiger partial charge on any atom is 0.259 e. The molecule has 0 saturated carbocycles. The van der Waals surface area contributed by atoms with Gasteiger partial charge >= 0.3 is 0 Å². The molecule has 3 amide bonds. The van der Waals surface area contributed by atoms with E-state index < -0.39 is 17.3 Å². The van der Waals surface area contributed by atoms with Gasteiger partial charge in [0, 0.05) is 21.4 Å². The highest BCUT2D eigenvalue weighted by Gasteiger charge is 2.68. The van der Waals surface area contributed by atoms with E-state index in [9.17, 15) is 14.4 Å². The lowest BCUT2D eigenvalue weighted by molar-refractivity contribution is -0.122. The van der Waals surface area contributed by atoms with E-state index >= 15 is 0 Å². The Morgan fingerprint density at radius 1 is 0.881 bits per heavy atom. The average Bonchev–Trinajstić information content (AvgIpc) is 3.28. The summed E-state index contributed by atoms with van der Waals surface area (Å²) in [5.41, 5.74) is 7.99. The van der Waals surface area contributed by atoms with Gasteiger partial charge in [-0.1, -0.05) is 66.2 Å². The first kappa shape index (κ1) is 26.6. The van der Waals surface area contributed by atoms with Crippen LogP contribution < -0.4 is 15.6 Å². The number of rotatable bonds is 6. The van der Waals surface area contributed by atoms with Crippen LogP contribution in [0.2, 0.25) is 0 Å². The van der Waals surface area contributed by atoms with E-state index in [-0.39, 0.29) is 30.2 Å². The van der Waals surface area contributed by atoms with Gasteiger partial charge in [0.2, 0.25) is 11.8 Å². The van der Waals surface area contributed by atoms with Crippen LogP contribution in [-0.2, 0) is 19.8 Å². The fraction of sp³-hybridized carbons (Fsp3) is 0.176. The summed E-state index contributed by atoms with van der Waals surface area (Å²) in [5, 5.41) is 7.57. The van der Waals surface area contributed by atoms with Gasteiger partial charge in [-0.05, 0) is 88.2 Å². The molecule has 1 saturated heterocycles. The lowest BCUT2D eigenvalue weighted by Crippen LogP contribution is -2.54. The molecular weight excluding hydrogens is 639 g/mol. The van der Waals surface area contributed by atoms with Gasteiger partial charge < -0.3 is 5.32 Å². The van der Waals surface area contributed by atoms with Crippen LogP contribution >= 0.6 is 22.6 Å². The number of anilines is 2. The molecule has 0 radical (unpaired) electrons. The zero-order valence-electron chi connectivity index (χ0n) is 22.8. The number of hydrogen-bond donors (Lipinski definition) is 2. The molecule has 4 aromatic carbocycles. The molecule has 4 aromatic rings. The largest absolute Gasteiger partial charge is 0.376 e. The first-order chi connectivity index (χ1) is 20.4. The second kappa shape index (κ2) is 10.2. The Balaban J connectivity index is 1.29. The van der Waals surface area contributed by atoms with Crippen LogP contribution in [0, 0.1) is 22.3 Å². The number of benzene rings is 4. The fourth-order valence-corrected chi connectivity index (χ4v) is 7.35. The smallest absolute Gasteiger partial charge is 0.259 e. The molecule has 7 nitrogen and oxygen atoms in total. The van der Waals surface area contributed by atoms with Crippen molar-refractivity contribution in [3.63, 3.8) is 0 Å². The van der Waals surface area contributed by atoms with Crippen LogP contribution in [0.3, 0.4) is 0 Å². The van der Waals surface area contributed by atoms with Gasteiger partial charge in [0.05, 0.1) is 29.5 Å². The van der Waals surface area contributed by atoms with Crippen molar-refractivity contribution in [2.75, 3.05) is 16.8 Å². The zero-order chi connectivity index (χ0) is 29.0. The standard InChI is InChI=1S/C34H27IN4O3/c1-20-10-16-23(17-11-20)39-32(41)30-29-24-6-2-4-8-26(24)34(31(30)33(39)42,27-9-5-3-7-25(27)29)19-37-38-28(40)18-36-22-14-12-21(35)13-15-22/h2-17,19,29-31,36H,18H2,1H3,(H,38,40)/b37-19-/t29?,30-,31+,34?/m0/s1. The van der Waals surface area contributed by atoms with Gasteiger partial charge in [-0.3, -0.25) is 14.4 Å². The molecule has 0 spiro atoms. The summed E-state index contributed by atoms with van der Waals surface area (Å²) in [4.78, 5) is 42.7. The summed E-state index contributed by atoms with van der Waals surface area (Å²) in [6.45, 7) is 2.01. The molecular formula is C34H27IN4O3. The number of imide groups is 1. The van der Waals surface area contributed by atoms with Gasteiger partial charge in [0.15, 0.2) is 0 Å². The van der Waals surface area contributed by atoms with Gasteiger partial charge in [-0.25, -0.2) is 10.3 Å². The lowest BCUT2D eigenvalue weighted by Gasteiger charge is -2.52. The van der Waals surface area contributed by atoms with E-state index in [1.807, 2.05) is 104 Å². The molecule has 8 heteroatoms. The lowest BCUT2D eigenvalue weighted by atomic mass is 9.47. The zero-order valence-corrected chi connectivity index (χ0v) is 24.9. The van der Waals surface area contributed by atoms with E-state index in [2.05, 4.69) is 38.4 Å². The van der Waals surface area contributed by atoms with Gasteiger partial charge in [0.1, 0.15) is 0 Å². The molecule has 1 aliphatic heterocycles. The predicted molar refractivity (Wildman–Crippen MR) is 170 cm³/mol. The number of hydrazone groups is 1. The molecule has 0 aromatic heterocycles. The number of hydrogen-bond acceptors (Lipinski definition) is 5. The average molecular weight is 667 g/mol. The number of halogens is 1. The minimum atomic E-state index is -1.03. The quantitative estimate of drug-likeness (QED) is 0.126. The number of aryl methyl sites for hydroxylation is 1. The highest BCUT2D eigenvalue weighted by molar-refractivity contribution is 14.1. The molecule has 2 bridgehead atoms. The predicted octanol–water partition coefficient (Wildman–Crippen LogP) is 5.36. The minimum Gasteiger partial charge on any atom is -0.376 e. The first-order valence-corrected chi connectivity index (χ1v) is 14.9. The van der Waals surface area contributed by atoms with Crippen LogP contribution in [0.5, 0.6) is 0 Å². The maximum atomic E-state index is 14.4. The Morgan fingerprint density at radius 3 is 2.14 bits per heavy atom. The molecule has 3 aliphatic carbocycles. The van der Waals surface area contributed by atoms with E-state index in [1.165, 1.54) is 4.90 Å². The van der Waals surface area contributed by atoms with Crippen LogP contribution in [0.1, 0.15) is 33.7 Å². The SMILES string of the molecule is Cc1ccc(N2C(=O)[C@H]3C4c5ccccc5C(/C=N\NC(=O)CNc5ccc(I)cc5)(c5ccccc54)[C@H]3C2=O)cc1. The van der Waals surface area contributed by atoms with Crippen LogP contribution in [0.15, 0.2) is 102 Å². The molecule has 0 unspecified atom stereocenters. The minimum absolute atomic E-state index is 0.0326. The van der Waals surface area contributed by atoms with Crippen LogP contribution in [-0.4, -0.2) is 30.5 Å². The number of nitrogens with one attached hydrogen (secondary N) is 2. The van der Waals surface area contributed by atoms with Crippen molar-refractivity contribution in [3.05, 3.63) is 128 Å². The molecule has 42 heavy (non-hydrogen) atoms. The third kappa shape index (κ3) is 3.99. The molecule has 2 N–H and O–H groups in total. The normalized spacial score (nSPS) is 23.5. The molecule has 1 fully saturated rings. The second-order valence-electron chi connectivity index (χ2n) is 11.0. The van der Waals surface area contributed by atoms with Crippen LogP contribution in [0.4, 0.5) is 11.4 Å². The summed E-state index contributed by atoms with van der Waals surface area (Å²) < 4.78 is 1.11. The van der Waals surface area contributed by atoms with Gasteiger partial charge in [-0.15, -0.1) is 0 Å². The summed E-state index contributed by atoms with van der Waals surface area (Å²) in [6.07, 6.45) is 1.68. The van der Waals surface area contributed by atoms with Crippen molar-refractivity contribution >= 4 is 57.9 Å². The summed E-state index contributed by atoms with van der Waals surface area (Å²) in [6, 6.07) is 31.2. The van der Waals surface area contributed by atoms with E-state index in [0.29, 0.717) is 5.69 Å². The molecule has 2 atom stereocenters. The topological polar surface area (TPSA) is 90.9 Å². The van der Waals surface area contributed by atoms with Crippen molar-refractivity contribution in [2.45, 2.75) is 18.3 Å². The Morgan fingerprint density at radius 2 is 1.50 bits per heavy atom. The molecule has 4 aliphatic rings. The Kier molecular flexibility index (Phi) is 6.46. The van der Waals surface area contributed by atoms with Crippen molar-refractivity contribution in [1.29, 1.82) is 0 Å². The van der Waals surface area contributed by atoms with Crippen molar-refractivity contribution in [2.24, 2.45) is 16.9 Å². The number of amides is 3. The Hall–Kier alpha value is -4.31. The third-order valence-corrected chi connectivity index (χ3v) is 9.45. The Bertz CT molecular complexity index is 1720. The second-order valence-corrected chi connectivity index (χ2v) is 12.3. The van der Waals surface area contributed by atoms with E-state index in [1.54, 1.807) is 6.21 Å². The highest BCUT2D eigenvalue weighted by atomic mass is 127. The summed E-state index contributed by atoms with van der Waals surface area (Å²) >= 11 is 2.23. The first-order valence-electron chi connectivity index (χ1n) is 13.9. The fourth-order valence-electron chi connectivity index (χ4n) is 6.99. The number of nitrogens with zero attached hydrogens (tertiary/aromatic N) is 2. The maximum absolute atomic E-state index is 14.4. The van der Waals surface area contributed by atoms with Crippen molar-refractivity contribution in [1.82, 2.24) is 5.43 Å². The number of carbonyl (C=O) groups is 3.